The topological polar surface area (TPSA) is 16.6 Å². The van der Waals surface area contributed by atoms with Gasteiger partial charge in [-0.3, -0.25) is 0 Å². The molecule has 0 amide bonds. The summed E-state index contributed by atoms with van der Waals surface area (Å²) >= 11 is 0. The Morgan fingerprint density at radius 1 is 1.00 bits per heavy atom. The molecule has 1 nitrogen and oxygen atoms in total. The Balaban J connectivity index is 3.23. The summed E-state index contributed by atoms with van der Waals surface area (Å²) in [5, 5.41) is 1.17. The van der Waals surface area contributed by atoms with E-state index in [0.717, 1.165) is 0 Å². The Bertz CT molecular complexity index is 257. The smallest absolute Gasteiger partial charge is 0.336 e. The van der Waals surface area contributed by atoms with Crippen molar-refractivity contribution in [2.45, 2.75) is 51.3 Å². The van der Waals surface area contributed by atoms with Gasteiger partial charge in [0.05, 0.1) is 6.54 Å². The van der Waals surface area contributed by atoms with Gasteiger partial charge in [-0.1, -0.05) is 20.8 Å². The third-order valence-corrected chi connectivity index (χ3v) is 3.52. The van der Waals surface area contributed by atoms with E-state index in [-0.39, 0.29) is 6.42 Å². The van der Waals surface area contributed by atoms with Gasteiger partial charge in [-0.05, 0) is 0 Å². The van der Waals surface area contributed by atoms with Crippen molar-refractivity contribution in [3.63, 3.8) is 0 Å². The third-order valence-electron chi connectivity index (χ3n) is 3.52. The molecule has 96 valence electrons. The molecule has 0 aromatic carbocycles. The molecule has 0 bridgehead atoms. The van der Waals surface area contributed by atoms with Crippen molar-refractivity contribution in [2.75, 3.05) is 6.54 Å². The van der Waals surface area contributed by atoms with Crippen LogP contribution in [0.15, 0.2) is 0 Å². The molecule has 1 heterocycles. The molecule has 6 heteroatoms. The molecule has 0 aromatic rings. The minimum absolute atomic E-state index is 0.108. The van der Waals surface area contributed by atoms with Crippen molar-refractivity contribution in [2.24, 2.45) is 5.41 Å². The van der Waals surface area contributed by atoms with Crippen LogP contribution in [0.3, 0.4) is 0 Å². The van der Waals surface area contributed by atoms with Crippen LogP contribution in [0.1, 0.15) is 33.6 Å². The Morgan fingerprint density at radius 3 is 1.75 bits per heavy atom. The number of quaternary nitrogens is 1. The summed E-state index contributed by atoms with van der Waals surface area (Å²) < 4.78 is 64.7. The van der Waals surface area contributed by atoms with Crippen molar-refractivity contribution >= 4 is 0 Å². The molecule has 0 aromatic heterocycles. The number of hydrogen-bond acceptors (Lipinski definition) is 0. The SMILES string of the molecule is CC(C)(C)[C@@]1(C(F)(F)C(F)(F)F)CCC[NH2+]1. The Hall–Kier alpha value is -0.390. The van der Waals surface area contributed by atoms with Crippen LogP contribution in [-0.2, 0) is 0 Å². The first kappa shape index (κ1) is 13.7. The fraction of sp³-hybridized carbons (Fsp3) is 1.00. The molecule has 1 saturated heterocycles. The number of rotatable bonds is 1. The molecule has 1 fully saturated rings. The first-order valence-corrected chi connectivity index (χ1v) is 5.25. The first-order chi connectivity index (χ1) is 6.96. The molecule has 2 N–H and O–H groups in total. The van der Waals surface area contributed by atoms with E-state index >= 15 is 0 Å². The Morgan fingerprint density at radius 2 is 1.50 bits per heavy atom. The fourth-order valence-electron chi connectivity index (χ4n) is 2.52. The molecular formula is C10H17F5N+. The predicted molar refractivity (Wildman–Crippen MR) is 49.2 cm³/mol. The highest BCUT2D eigenvalue weighted by Gasteiger charge is 2.76. The largest absolute Gasteiger partial charge is 0.460 e. The van der Waals surface area contributed by atoms with Crippen LogP contribution >= 0.6 is 0 Å². The van der Waals surface area contributed by atoms with Crippen LogP contribution in [-0.4, -0.2) is 24.2 Å². The summed E-state index contributed by atoms with van der Waals surface area (Å²) in [5.74, 6) is -4.66. The van der Waals surface area contributed by atoms with Crippen molar-refractivity contribution in [3.05, 3.63) is 0 Å². The van der Waals surface area contributed by atoms with Crippen molar-refractivity contribution < 1.29 is 27.3 Å². The van der Waals surface area contributed by atoms with Crippen LogP contribution in [0, 0.1) is 5.41 Å². The standard InChI is InChI=1S/C10H16F5N/c1-7(2,3)8(5-4-6-16-8)9(11,12)10(13,14)15/h16H,4-6H2,1-3H3/p+1/t8-/m1/s1. The molecule has 1 atom stereocenters. The Kier molecular flexibility index (Phi) is 3.03. The molecule has 0 aliphatic carbocycles. The van der Waals surface area contributed by atoms with Crippen molar-refractivity contribution in [3.8, 4) is 0 Å². The van der Waals surface area contributed by atoms with Gasteiger partial charge in [0.2, 0.25) is 0 Å². The van der Waals surface area contributed by atoms with Gasteiger partial charge in [0.15, 0.2) is 5.54 Å². The summed E-state index contributed by atoms with van der Waals surface area (Å²) in [6.45, 7) is 4.64. The van der Waals surface area contributed by atoms with E-state index in [0.29, 0.717) is 13.0 Å². The molecule has 0 saturated carbocycles. The van der Waals surface area contributed by atoms with Gasteiger partial charge in [-0.2, -0.15) is 22.0 Å². The minimum atomic E-state index is -5.48. The third kappa shape index (κ3) is 1.71. The zero-order valence-corrected chi connectivity index (χ0v) is 9.59. The van der Waals surface area contributed by atoms with Gasteiger partial charge in [-0.15, -0.1) is 0 Å². The van der Waals surface area contributed by atoms with E-state index < -0.39 is 23.1 Å². The quantitative estimate of drug-likeness (QED) is 0.684. The van der Waals surface area contributed by atoms with Crippen molar-refractivity contribution in [1.82, 2.24) is 0 Å². The maximum absolute atomic E-state index is 13.6. The summed E-state index contributed by atoms with van der Waals surface area (Å²) in [5.41, 5.74) is -3.18. The Labute approximate surface area is 91.4 Å². The zero-order chi connectivity index (χ0) is 12.8. The minimum Gasteiger partial charge on any atom is -0.336 e. The van der Waals surface area contributed by atoms with Gasteiger partial charge >= 0.3 is 12.1 Å². The molecule has 1 rings (SSSR count). The maximum atomic E-state index is 13.6. The van der Waals surface area contributed by atoms with Crippen LogP contribution in [0.5, 0.6) is 0 Å². The lowest BCUT2D eigenvalue weighted by atomic mass is 9.68. The molecule has 1 aliphatic rings. The second-order valence-electron chi connectivity index (χ2n) is 5.39. The van der Waals surface area contributed by atoms with E-state index in [1.807, 2.05) is 0 Å². The highest BCUT2D eigenvalue weighted by molar-refractivity contribution is 5.05. The summed E-state index contributed by atoms with van der Waals surface area (Å²) in [4.78, 5) is 0. The van der Waals surface area contributed by atoms with E-state index in [1.54, 1.807) is 0 Å². The first-order valence-electron chi connectivity index (χ1n) is 5.25. The van der Waals surface area contributed by atoms with Crippen LogP contribution in [0.2, 0.25) is 0 Å². The lowest BCUT2D eigenvalue weighted by Crippen LogP contribution is -3.01. The van der Waals surface area contributed by atoms with Crippen LogP contribution in [0.25, 0.3) is 0 Å². The van der Waals surface area contributed by atoms with Gasteiger partial charge < -0.3 is 5.32 Å². The summed E-state index contributed by atoms with van der Waals surface area (Å²) in [6.07, 6.45) is -5.20. The number of hydrogen-bond donors (Lipinski definition) is 1. The molecule has 1 aliphatic heterocycles. The van der Waals surface area contributed by atoms with Gasteiger partial charge in [-0.25, -0.2) is 0 Å². The highest BCUT2D eigenvalue weighted by atomic mass is 19.4. The van der Waals surface area contributed by atoms with Gasteiger partial charge in [0.1, 0.15) is 0 Å². The van der Waals surface area contributed by atoms with Crippen LogP contribution < -0.4 is 5.32 Å². The fourth-order valence-corrected chi connectivity index (χ4v) is 2.52. The lowest BCUT2D eigenvalue weighted by Gasteiger charge is -2.44. The average Bonchev–Trinajstić information content (AvgIpc) is 2.48. The van der Waals surface area contributed by atoms with Gasteiger partial charge in [0.25, 0.3) is 0 Å². The summed E-state index contributed by atoms with van der Waals surface area (Å²) in [6, 6.07) is 0. The molecule has 0 spiro atoms. The van der Waals surface area contributed by atoms with E-state index in [9.17, 15) is 22.0 Å². The lowest BCUT2D eigenvalue weighted by molar-refractivity contribution is -0.749. The van der Waals surface area contributed by atoms with E-state index in [4.69, 9.17) is 0 Å². The molecule has 16 heavy (non-hydrogen) atoms. The number of alkyl halides is 5. The number of halogens is 5. The van der Waals surface area contributed by atoms with Crippen LogP contribution in [0.4, 0.5) is 22.0 Å². The molecule has 0 radical (unpaired) electrons. The monoisotopic (exact) mass is 246 g/mol. The van der Waals surface area contributed by atoms with E-state index in [2.05, 4.69) is 0 Å². The van der Waals surface area contributed by atoms with E-state index in [1.165, 1.54) is 26.1 Å². The number of nitrogens with two attached hydrogens (primary N) is 1. The summed E-state index contributed by atoms with van der Waals surface area (Å²) in [7, 11) is 0. The maximum Gasteiger partial charge on any atom is 0.460 e. The predicted octanol–water partition coefficient (Wildman–Crippen LogP) is 2.33. The highest BCUT2D eigenvalue weighted by Crippen LogP contribution is 2.51. The second kappa shape index (κ2) is 3.55. The normalized spacial score (nSPS) is 28.5. The average molecular weight is 246 g/mol. The van der Waals surface area contributed by atoms with Gasteiger partial charge in [0, 0.05) is 18.3 Å². The second-order valence-corrected chi connectivity index (χ2v) is 5.39. The zero-order valence-electron chi connectivity index (χ0n) is 9.59. The van der Waals surface area contributed by atoms with Crippen molar-refractivity contribution in [1.29, 1.82) is 0 Å². The molecular weight excluding hydrogens is 229 g/mol. The molecule has 0 unspecified atom stereocenters.